The van der Waals surface area contributed by atoms with E-state index in [-0.39, 0.29) is 18.9 Å². The van der Waals surface area contributed by atoms with Crippen LogP contribution in [0.5, 0.6) is 0 Å². The first-order chi connectivity index (χ1) is 13.4. The lowest BCUT2D eigenvalue weighted by Gasteiger charge is -2.10. The predicted octanol–water partition coefficient (Wildman–Crippen LogP) is 4.78. The first-order valence-corrected chi connectivity index (χ1v) is 8.86. The highest BCUT2D eigenvalue weighted by molar-refractivity contribution is 5.90. The van der Waals surface area contributed by atoms with Crippen molar-refractivity contribution in [3.8, 4) is 0 Å². The monoisotopic (exact) mass is 387 g/mol. The van der Waals surface area contributed by atoms with Crippen molar-refractivity contribution in [1.82, 2.24) is 5.32 Å². The van der Waals surface area contributed by atoms with Crippen molar-refractivity contribution >= 4 is 16.7 Å². The van der Waals surface area contributed by atoms with Crippen LogP contribution in [0.3, 0.4) is 0 Å². The van der Waals surface area contributed by atoms with Crippen molar-refractivity contribution in [3.63, 3.8) is 0 Å². The Bertz CT molecular complexity index is 931. The van der Waals surface area contributed by atoms with Gasteiger partial charge in [-0.15, -0.1) is 0 Å². The van der Waals surface area contributed by atoms with Crippen LogP contribution in [0.2, 0.25) is 0 Å². The number of alkyl halides is 3. The van der Waals surface area contributed by atoms with E-state index in [1.165, 1.54) is 0 Å². The predicted molar refractivity (Wildman–Crippen MR) is 102 cm³/mol. The molecule has 0 unspecified atom stereocenters. The summed E-state index contributed by atoms with van der Waals surface area (Å²) in [6, 6.07) is 20.7. The molecular formula is C22H20F3NO2. The van der Waals surface area contributed by atoms with E-state index in [4.69, 9.17) is 0 Å². The molecule has 0 spiro atoms. The maximum absolute atomic E-state index is 12.3. The number of fused-ring (bicyclic) bond motifs is 1. The van der Waals surface area contributed by atoms with Gasteiger partial charge in [0.05, 0.1) is 13.0 Å². The van der Waals surface area contributed by atoms with Crippen LogP contribution in [0.4, 0.5) is 13.2 Å². The molecule has 0 aliphatic carbocycles. The second-order valence-electron chi connectivity index (χ2n) is 6.52. The fourth-order valence-electron chi connectivity index (χ4n) is 2.92. The van der Waals surface area contributed by atoms with Gasteiger partial charge in [0.15, 0.2) is 0 Å². The Hall–Kier alpha value is -2.86. The Morgan fingerprint density at radius 2 is 1.57 bits per heavy atom. The van der Waals surface area contributed by atoms with E-state index >= 15 is 0 Å². The average molecular weight is 387 g/mol. The molecule has 6 heteroatoms. The topological polar surface area (TPSA) is 38.3 Å². The fraction of sp³-hybridized carbons (Fsp3) is 0.227. The second-order valence-corrected chi connectivity index (χ2v) is 6.52. The Labute approximate surface area is 161 Å². The van der Waals surface area contributed by atoms with E-state index in [0.717, 1.165) is 21.9 Å². The normalized spacial score (nSPS) is 11.5. The quantitative estimate of drug-likeness (QED) is 0.634. The Kier molecular flexibility index (Phi) is 6.31. The average Bonchev–Trinajstić information content (AvgIpc) is 2.67. The van der Waals surface area contributed by atoms with Crippen LogP contribution >= 0.6 is 0 Å². The number of carbonyl (C=O) groups is 1. The molecule has 0 saturated carbocycles. The molecule has 28 heavy (non-hydrogen) atoms. The zero-order valence-corrected chi connectivity index (χ0v) is 15.1. The van der Waals surface area contributed by atoms with Gasteiger partial charge in [-0.05, 0) is 27.5 Å². The lowest BCUT2D eigenvalue weighted by atomic mass is 10.0. The lowest BCUT2D eigenvalue weighted by molar-refractivity contribution is -0.176. The number of rotatable bonds is 7. The molecule has 0 saturated heterocycles. The number of carbonyl (C=O) groups excluding carboxylic acids is 1. The van der Waals surface area contributed by atoms with Crippen LogP contribution in [0.25, 0.3) is 10.8 Å². The number of halogens is 3. The highest BCUT2D eigenvalue weighted by Crippen LogP contribution is 2.19. The molecule has 1 N–H and O–H groups in total. The molecule has 3 rings (SSSR count). The first kappa shape index (κ1) is 19.9. The van der Waals surface area contributed by atoms with E-state index in [1.807, 2.05) is 42.5 Å². The van der Waals surface area contributed by atoms with Crippen LogP contribution in [-0.2, 0) is 29.1 Å². The maximum atomic E-state index is 12.3. The molecule has 0 aromatic heterocycles. The van der Waals surface area contributed by atoms with Crippen LogP contribution < -0.4 is 5.32 Å². The molecule has 0 heterocycles. The molecule has 0 bridgehead atoms. The summed E-state index contributed by atoms with van der Waals surface area (Å²) in [6.07, 6.45) is -4.04. The van der Waals surface area contributed by atoms with Gasteiger partial charge >= 0.3 is 6.18 Å². The molecule has 3 aromatic rings. The highest BCUT2D eigenvalue weighted by Gasteiger charge is 2.27. The third-order valence-corrected chi connectivity index (χ3v) is 4.28. The van der Waals surface area contributed by atoms with Gasteiger partial charge in [-0.3, -0.25) is 4.79 Å². The molecular weight excluding hydrogens is 367 g/mol. The van der Waals surface area contributed by atoms with Crippen LogP contribution in [0.15, 0.2) is 66.7 Å². The third kappa shape index (κ3) is 5.82. The summed E-state index contributed by atoms with van der Waals surface area (Å²) in [5.74, 6) is -0.0889. The summed E-state index contributed by atoms with van der Waals surface area (Å²) in [6.45, 7) is -1.01. The van der Waals surface area contributed by atoms with Gasteiger partial charge in [0, 0.05) is 6.54 Å². The number of nitrogens with one attached hydrogen (secondary N) is 1. The minimum atomic E-state index is -4.33. The van der Waals surface area contributed by atoms with Gasteiger partial charge in [-0.25, -0.2) is 0 Å². The number of hydrogen-bond acceptors (Lipinski definition) is 2. The number of benzene rings is 3. The molecule has 0 atom stereocenters. The van der Waals surface area contributed by atoms with Gasteiger partial charge in [0.1, 0.15) is 6.61 Å². The smallest absolute Gasteiger partial charge is 0.367 e. The van der Waals surface area contributed by atoms with E-state index in [0.29, 0.717) is 12.1 Å². The first-order valence-electron chi connectivity index (χ1n) is 8.86. The molecule has 146 valence electrons. The van der Waals surface area contributed by atoms with Crippen LogP contribution in [-0.4, -0.2) is 18.7 Å². The van der Waals surface area contributed by atoms with Crippen molar-refractivity contribution in [2.45, 2.75) is 25.7 Å². The maximum Gasteiger partial charge on any atom is 0.411 e. The van der Waals surface area contributed by atoms with E-state index in [1.54, 1.807) is 24.3 Å². The lowest BCUT2D eigenvalue weighted by Crippen LogP contribution is -2.24. The van der Waals surface area contributed by atoms with Crippen LogP contribution in [0, 0.1) is 0 Å². The summed E-state index contributed by atoms with van der Waals surface area (Å²) in [5, 5.41) is 5.03. The number of hydrogen-bond donors (Lipinski definition) is 1. The van der Waals surface area contributed by atoms with Gasteiger partial charge in [0.2, 0.25) is 5.91 Å². The highest BCUT2D eigenvalue weighted by atomic mass is 19.4. The molecule has 0 aliphatic rings. The Morgan fingerprint density at radius 1 is 0.893 bits per heavy atom. The molecule has 0 fully saturated rings. The van der Waals surface area contributed by atoms with E-state index in [9.17, 15) is 18.0 Å². The summed E-state index contributed by atoms with van der Waals surface area (Å²) in [4.78, 5) is 12.3. The fourth-order valence-corrected chi connectivity index (χ4v) is 2.92. The molecule has 1 amide bonds. The number of ether oxygens (including phenoxy) is 1. The van der Waals surface area contributed by atoms with E-state index in [2.05, 4.69) is 10.1 Å². The van der Waals surface area contributed by atoms with E-state index < -0.39 is 12.8 Å². The Morgan fingerprint density at radius 3 is 2.32 bits per heavy atom. The molecule has 0 aliphatic heterocycles. The standard InChI is InChI=1S/C22H20F3NO2/c23-22(24,25)15-28-14-17-10-8-16(9-11-17)13-26-21(27)12-19-6-3-5-18-4-1-2-7-20(18)19/h1-11H,12-15H2,(H,26,27). The largest absolute Gasteiger partial charge is 0.411 e. The SMILES string of the molecule is O=C(Cc1cccc2ccccc12)NCc1ccc(COCC(F)(F)F)cc1. The van der Waals surface area contributed by atoms with Crippen molar-refractivity contribution in [2.24, 2.45) is 0 Å². The molecule has 3 aromatic carbocycles. The summed E-state index contributed by atoms with van der Waals surface area (Å²) >= 11 is 0. The summed E-state index contributed by atoms with van der Waals surface area (Å²) < 4.78 is 40.9. The zero-order valence-electron chi connectivity index (χ0n) is 15.1. The van der Waals surface area contributed by atoms with Gasteiger partial charge in [-0.2, -0.15) is 13.2 Å². The minimum Gasteiger partial charge on any atom is -0.367 e. The summed E-state index contributed by atoms with van der Waals surface area (Å²) in [7, 11) is 0. The molecule has 0 radical (unpaired) electrons. The van der Waals surface area contributed by atoms with Gasteiger partial charge in [0.25, 0.3) is 0 Å². The minimum absolute atomic E-state index is 0.0889. The van der Waals surface area contributed by atoms with Crippen molar-refractivity contribution < 1.29 is 22.7 Å². The summed E-state index contributed by atoms with van der Waals surface area (Å²) in [5.41, 5.74) is 2.48. The molecule has 3 nitrogen and oxygen atoms in total. The van der Waals surface area contributed by atoms with Crippen molar-refractivity contribution in [1.29, 1.82) is 0 Å². The second kappa shape index (κ2) is 8.89. The van der Waals surface area contributed by atoms with Crippen molar-refractivity contribution in [3.05, 3.63) is 83.4 Å². The third-order valence-electron chi connectivity index (χ3n) is 4.28. The zero-order chi connectivity index (χ0) is 20.0. The van der Waals surface area contributed by atoms with Crippen molar-refractivity contribution in [2.75, 3.05) is 6.61 Å². The Balaban J connectivity index is 1.50. The van der Waals surface area contributed by atoms with Crippen LogP contribution in [0.1, 0.15) is 16.7 Å². The number of amides is 1. The van der Waals surface area contributed by atoms with Gasteiger partial charge < -0.3 is 10.1 Å². The van der Waals surface area contributed by atoms with Gasteiger partial charge in [-0.1, -0.05) is 66.7 Å².